The number of aromatic nitrogens is 2. The van der Waals surface area contributed by atoms with Crippen molar-refractivity contribution in [3.05, 3.63) is 40.9 Å². The van der Waals surface area contributed by atoms with E-state index in [9.17, 15) is 9.59 Å². The zero-order valence-corrected chi connectivity index (χ0v) is 16.7. The number of amides is 2. The second-order valence-corrected chi connectivity index (χ2v) is 8.16. The molecule has 1 aromatic carbocycles. The van der Waals surface area contributed by atoms with E-state index in [0.717, 1.165) is 30.8 Å². The first-order valence-electron chi connectivity index (χ1n) is 9.52. The molecule has 2 amide bonds. The fraction of sp³-hybridized carbons (Fsp3) is 0.500. The van der Waals surface area contributed by atoms with Crippen LogP contribution in [-0.4, -0.2) is 40.0 Å². The van der Waals surface area contributed by atoms with E-state index in [0.29, 0.717) is 17.6 Å². The SMILES string of the molecule is CCCCN1C[C@@H](C(=O)Nc2nnc(C[C@H](C)c3ccccc3)s2)CC1=O. The summed E-state index contributed by atoms with van der Waals surface area (Å²) in [5.74, 6) is -0.0355. The van der Waals surface area contributed by atoms with Crippen LogP contribution in [0.5, 0.6) is 0 Å². The Kier molecular flexibility index (Phi) is 6.55. The molecule has 7 heteroatoms. The summed E-state index contributed by atoms with van der Waals surface area (Å²) < 4.78 is 0. The van der Waals surface area contributed by atoms with Crippen LogP contribution in [0.2, 0.25) is 0 Å². The Morgan fingerprint density at radius 2 is 2.11 bits per heavy atom. The minimum Gasteiger partial charge on any atom is -0.342 e. The average molecular weight is 387 g/mol. The van der Waals surface area contributed by atoms with Crippen LogP contribution >= 0.6 is 11.3 Å². The van der Waals surface area contributed by atoms with Crippen LogP contribution in [0, 0.1) is 5.92 Å². The molecule has 0 spiro atoms. The molecule has 3 rings (SSSR count). The Hall–Kier alpha value is -2.28. The molecule has 1 aromatic heterocycles. The quantitative estimate of drug-likeness (QED) is 0.754. The monoisotopic (exact) mass is 386 g/mol. The van der Waals surface area contributed by atoms with Gasteiger partial charge in [-0.3, -0.25) is 9.59 Å². The van der Waals surface area contributed by atoms with Crippen LogP contribution in [0.4, 0.5) is 5.13 Å². The Morgan fingerprint density at radius 1 is 1.33 bits per heavy atom. The van der Waals surface area contributed by atoms with Crippen LogP contribution in [0.25, 0.3) is 0 Å². The molecule has 2 atom stereocenters. The number of nitrogens with zero attached hydrogens (tertiary/aromatic N) is 3. The standard InChI is InChI=1S/C20H26N4O2S/c1-3-4-10-24-13-16(12-18(24)25)19(26)21-20-23-22-17(27-20)11-14(2)15-8-6-5-7-9-15/h5-9,14,16H,3-4,10-13H2,1-2H3,(H,21,23,26)/t14-,16-/m0/s1. The van der Waals surface area contributed by atoms with E-state index in [1.165, 1.54) is 16.9 Å². The van der Waals surface area contributed by atoms with E-state index >= 15 is 0 Å². The molecule has 0 aliphatic carbocycles. The lowest BCUT2D eigenvalue weighted by molar-refractivity contribution is -0.128. The van der Waals surface area contributed by atoms with Crippen molar-refractivity contribution in [1.82, 2.24) is 15.1 Å². The van der Waals surface area contributed by atoms with Gasteiger partial charge in [-0.2, -0.15) is 0 Å². The van der Waals surface area contributed by atoms with Gasteiger partial charge in [-0.05, 0) is 17.9 Å². The lowest BCUT2D eigenvalue weighted by Crippen LogP contribution is -2.29. The molecule has 1 aliphatic heterocycles. The first-order valence-corrected chi connectivity index (χ1v) is 10.3. The molecule has 1 fully saturated rings. The van der Waals surface area contributed by atoms with Gasteiger partial charge in [0.1, 0.15) is 5.01 Å². The number of carbonyl (C=O) groups is 2. The van der Waals surface area contributed by atoms with Crippen molar-refractivity contribution in [3.8, 4) is 0 Å². The zero-order valence-electron chi connectivity index (χ0n) is 15.9. The molecule has 0 unspecified atom stereocenters. The normalized spacial score (nSPS) is 17.9. The summed E-state index contributed by atoms with van der Waals surface area (Å²) in [5, 5.41) is 12.6. The maximum absolute atomic E-state index is 12.5. The van der Waals surface area contributed by atoms with Crippen molar-refractivity contribution < 1.29 is 9.59 Å². The first kappa shape index (κ1) is 19.5. The van der Waals surface area contributed by atoms with Crippen molar-refractivity contribution in [2.75, 3.05) is 18.4 Å². The summed E-state index contributed by atoms with van der Waals surface area (Å²) in [6, 6.07) is 10.3. The number of benzene rings is 1. The van der Waals surface area contributed by atoms with Gasteiger partial charge in [0, 0.05) is 25.9 Å². The highest BCUT2D eigenvalue weighted by Gasteiger charge is 2.34. The lowest BCUT2D eigenvalue weighted by atomic mass is 9.98. The number of rotatable bonds is 8. The van der Waals surface area contributed by atoms with Gasteiger partial charge in [0.15, 0.2) is 0 Å². The largest absolute Gasteiger partial charge is 0.342 e. The first-order chi connectivity index (χ1) is 13.1. The smallest absolute Gasteiger partial charge is 0.231 e. The van der Waals surface area contributed by atoms with Gasteiger partial charge in [0.05, 0.1) is 5.92 Å². The van der Waals surface area contributed by atoms with Crippen molar-refractivity contribution in [3.63, 3.8) is 0 Å². The molecule has 6 nitrogen and oxygen atoms in total. The molecule has 2 aromatic rings. The third-order valence-electron chi connectivity index (χ3n) is 4.91. The number of carbonyl (C=O) groups excluding carboxylic acids is 2. The van der Waals surface area contributed by atoms with Gasteiger partial charge >= 0.3 is 0 Å². The van der Waals surface area contributed by atoms with Crippen LogP contribution in [0.1, 0.15) is 49.6 Å². The highest BCUT2D eigenvalue weighted by Crippen LogP contribution is 2.25. The lowest BCUT2D eigenvalue weighted by Gasteiger charge is -2.15. The molecule has 2 heterocycles. The minimum atomic E-state index is -0.301. The Balaban J connectivity index is 1.53. The van der Waals surface area contributed by atoms with Crippen molar-refractivity contribution >= 4 is 28.3 Å². The van der Waals surface area contributed by atoms with Crippen LogP contribution < -0.4 is 5.32 Å². The number of hydrogen-bond acceptors (Lipinski definition) is 5. The Morgan fingerprint density at radius 3 is 2.85 bits per heavy atom. The fourth-order valence-corrected chi connectivity index (χ4v) is 4.14. The second-order valence-electron chi connectivity index (χ2n) is 7.10. The van der Waals surface area contributed by atoms with E-state index in [-0.39, 0.29) is 24.2 Å². The Bertz CT molecular complexity index is 777. The van der Waals surface area contributed by atoms with Gasteiger partial charge in [0.25, 0.3) is 0 Å². The van der Waals surface area contributed by atoms with E-state index in [1.54, 1.807) is 4.90 Å². The molecule has 0 bridgehead atoms. The summed E-state index contributed by atoms with van der Waals surface area (Å²) >= 11 is 1.41. The number of nitrogens with one attached hydrogen (secondary N) is 1. The summed E-state index contributed by atoms with van der Waals surface area (Å²) in [4.78, 5) is 26.3. The van der Waals surface area contributed by atoms with E-state index in [2.05, 4.69) is 41.5 Å². The molecular weight excluding hydrogens is 360 g/mol. The number of likely N-dealkylation sites (tertiary alicyclic amines) is 1. The summed E-state index contributed by atoms with van der Waals surface area (Å²) in [7, 11) is 0. The van der Waals surface area contributed by atoms with Crippen molar-refractivity contribution in [2.45, 2.75) is 45.4 Å². The summed E-state index contributed by atoms with van der Waals surface area (Å²) in [5.41, 5.74) is 1.26. The highest BCUT2D eigenvalue weighted by molar-refractivity contribution is 7.15. The van der Waals surface area contributed by atoms with E-state index in [4.69, 9.17) is 0 Å². The number of hydrogen-bond donors (Lipinski definition) is 1. The molecule has 1 N–H and O–H groups in total. The fourth-order valence-electron chi connectivity index (χ4n) is 3.27. The molecule has 144 valence electrons. The predicted octanol–water partition coefficient (Wildman–Crippen LogP) is 3.47. The van der Waals surface area contributed by atoms with E-state index in [1.807, 2.05) is 18.2 Å². The maximum atomic E-state index is 12.5. The molecule has 27 heavy (non-hydrogen) atoms. The van der Waals surface area contributed by atoms with Gasteiger partial charge in [-0.25, -0.2) is 0 Å². The molecule has 1 saturated heterocycles. The molecular formula is C20H26N4O2S. The van der Waals surface area contributed by atoms with Gasteiger partial charge in [0.2, 0.25) is 16.9 Å². The second kappa shape index (κ2) is 9.08. The van der Waals surface area contributed by atoms with Crippen molar-refractivity contribution in [1.29, 1.82) is 0 Å². The van der Waals surface area contributed by atoms with Crippen LogP contribution in [-0.2, 0) is 16.0 Å². The number of anilines is 1. The van der Waals surface area contributed by atoms with Gasteiger partial charge in [-0.15, -0.1) is 10.2 Å². The number of unbranched alkanes of at least 4 members (excludes halogenated alkanes) is 1. The third-order valence-corrected chi connectivity index (χ3v) is 5.77. The molecule has 0 radical (unpaired) electrons. The van der Waals surface area contributed by atoms with Crippen molar-refractivity contribution in [2.24, 2.45) is 5.92 Å². The zero-order chi connectivity index (χ0) is 19.2. The molecule has 1 aliphatic rings. The predicted molar refractivity (Wildman–Crippen MR) is 107 cm³/mol. The van der Waals surface area contributed by atoms with Gasteiger partial charge < -0.3 is 10.2 Å². The summed E-state index contributed by atoms with van der Waals surface area (Å²) in [6.45, 7) is 5.49. The van der Waals surface area contributed by atoms with Gasteiger partial charge in [-0.1, -0.05) is 61.9 Å². The maximum Gasteiger partial charge on any atom is 0.231 e. The topological polar surface area (TPSA) is 75.2 Å². The third kappa shape index (κ3) is 5.13. The van der Waals surface area contributed by atoms with E-state index < -0.39 is 0 Å². The molecule has 0 saturated carbocycles. The van der Waals surface area contributed by atoms with Crippen LogP contribution in [0.3, 0.4) is 0 Å². The average Bonchev–Trinajstić information content (AvgIpc) is 3.27. The highest BCUT2D eigenvalue weighted by atomic mass is 32.1. The van der Waals surface area contributed by atoms with Crippen LogP contribution in [0.15, 0.2) is 30.3 Å². The summed E-state index contributed by atoms with van der Waals surface area (Å²) in [6.07, 6.45) is 3.07. The Labute approximate surface area is 164 Å². The minimum absolute atomic E-state index is 0.0678.